The van der Waals surface area contributed by atoms with Gasteiger partial charge in [0.05, 0.1) is 12.7 Å². The van der Waals surface area contributed by atoms with Crippen molar-refractivity contribution in [3.63, 3.8) is 0 Å². The van der Waals surface area contributed by atoms with Crippen molar-refractivity contribution in [1.29, 1.82) is 5.41 Å². The molecule has 150 valence electrons. The number of benzene rings is 2. The van der Waals surface area contributed by atoms with Crippen LogP contribution in [0, 0.1) is 17.0 Å². The lowest BCUT2D eigenvalue weighted by Gasteiger charge is -2.13. The molecule has 0 aliphatic rings. The van der Waals surface area contributed by atoms with Gasteiger partial charge in [0.1, 0.15) is 34.0 Å². The van der Waals surface area contributed by atoms with Gasteiger partial charge in [-0.15, -0.1) is 0 Å². The van der Waals surface area contributed by atoms with E-state index in [1.54, 1.807) is 41.1 Å². The van der Waals surface area contributed by atoms with Gasteiger partial charge in [-0.3, -0.25) is 5.41 Å². The fourth-order valence-corrected chi connectivity index (χ4v) is 3.12. The summed E-state index contributed by atoms with van der Waals surface area (Å²) in [6, 6.07) is 11.8. The fraction of sp³-hybridized carbons (Fsp3) is 0.143. The molecule has 29 heavy (non-hydrogen) atoms. The molecular weight excluding hydrogens is 446 g/mol. The number of aromatic nitrogens is 1. The van der Waals surface area contributed by atoms with Gasteiger partial charge in [0.2, 0.25) is 0 Å². The van der Waals surface area contributed by atoms with Crippen LogP contribution in [0.5, 0.6) is 5.75 Å². The summed E-state index contributed by atoms with van der Waals surface area (Å²) in [7, 11) is 1.32. The molecule has 2 aromatic carbocycles. The summed E-state index contributed by atoms with van der Waals surface area (Å²) in [6.07, 6.45) is 1.68. The second kappa shape index (κ2) is 9.00. The van der Waals surface area contributed by atoms with Gasteiger partial charge < -0.3 is 14.0 Å². The monoisotopic (exact) mass is 462 g/mol. The highest BCUT2D eigenvalue weighted by Gasteiger charge is 2.10. The average Bonchev–Trinajstić information content (AvgIpc) is 2.72. The summed E-state index contributed by atoms with van der Waals surface area (Å²) in [5, 5.41) is 8.32. The Morgan fingerprint density at radius 2 is 1.86 bits per heavy atom. The smallest absolute Gasteiger partial charge is 0.337 e. The van der Waals surface area contributed by atoms with E-state index in [9.17, 15) is 13.6 Å². The van der Waals surface area contributed by atoms with E-state index in [-0.39, 0.29) is 17.7 Å². The van der Waals surface area contributed by atoms with Crippen LogP contribution in [0.4, 0.5) is 8.78 Å². The molecule has 3 rings (SSSR count). The number of ether oxygens (including phenoxy) is 2. The Bertz CT molecular complexity index is 1100. The van der Waals surface area contributed by atoms with Crippen LogP contribution in [-0.4, -0.2) is 17.6 Å². The third-order valence-electron chi connectivity index (χ3n) is 4.24. The first-order chi connectivity index (χ1) is 13.9. The fourth-order valence-electron chi connectivity index (χ4n) is 2.65. The molecule has 0 radical (unpaired) electrons. The summed E-state index contributed by atoms with van der Waals surface area (Å²) in [5.41, 5.74) is 1.72. The number of hydrogen-bond acceptors (Lipinski definition) is 4. The molecule has 0 amide bonds. The maximum absolute atomic E-state index is 13.7. The predicted molar refractivity (Wildman–Crippen MR) is 106 cm³/mol. The molecule has 0 fully saturated rings. The van der Waals surface area contributed by atoms with Crippen LogP contribution in [0.15, 0.2) is 59.2 Å². The van der Waals surface area contributed by atoms with Crippen LogP contribution in [-0.2, 0) is 17.9 Å². The van der Waals surface area contributed by atoms with E-state index in [4.69, 9.17) is 10.1 Å². The van der Waals surface area contributed by atoms with Crippen LogP contribution < -0.4 is 10.2 Å². The zero-order valence-electron chi connectivity index (χ0n) is 15.4. The highest BCUT2D eigenvalue weighted by Crippen LogP contribution is 2.22. The molecule has 1 aromatic heterocycles. The molecule has 1 heterocycles. The molecule has 3 aromatic rings. The zero-order chi connectivity index (χ0) is 21.0. The summed E-state index contributed by atoms with van der Waals surface area (Å²) in [4.78, 5) is 11.5. The second-order valence-electron chi connectivity index (χ2n) is 6.18. The first-order valence-electron chi connectivity index (χ1n) is 8.56. The van der Waals surface area contributed by atoms with Crippen molar-refractivity contribution < 1.29 is 23.0 Å². The SMILES string of the molecule is COC(=O)c1ccc(Cn2ccc(OCc3ccc(F)cc3F)c(Br)c2=N)cc1. The maximum Gasteiger partial charge on any atom is 0.337 e. The van der Waals surface area contributed by atoms with Crippen molar-refractivity contribution in [2.45, 2.75) is 13.2 Å². The van der Waals surface area contributed by atoms with E-state index in [2.05, 4.69) is 20.7 Å². The summed E-state index contributed by atoms with van der Waals surface area (Å²) in [5.74, 6) is -1.38. The maximum atomic E-state index is 13.7. The Kier molecular flexibility index (Phi) is 6.43. The minimum absolute atomic E-state index is 0.0941. The van der Waals surface area contributed by atoms with Gasteiger partial charge in [0.25, 0.3) is 0 Å². The summed E-state index contributed by atoms with van der Waals surface area (Å²) in [6.45, 7) is 0.314. The minimum Gasteiger partial charge on any atom is -0.487 e. The largest absolute Gasteiger partial charge is 0.487 e. The predicted octanol–water partition coefficient (Wildman–Crippen LogP) is 4.42. The van der Waals surface area contributed by atoms with Crippen molar-refractivity contribution in [1.82, 2.24) is 4.57 Å². The minimum atomic E-state index is -0.686. The van der Waals surface area contributed by atoms with Crippen molar-refractivity contribution in [2.24, 2.45) is 0 Å². The lowest BCUT2D eigenvalue weighted by Crippen LogP contribution is -2.21. The van der Waals surface area contributed by atoms with E-state index in [1.165, 1.54) is 13.2 Å². The first-order valence-corrected chi connectivity index (χ1v) is 9.36. The topological polar surface area (TPSA) is 64.3 Å². The third-order valence-corrected chi connectivity index (χ3v) is 5.01. The Morgan fingerprint density at radius 1 is 1.14 bits per heavy atom. The number of rotatable bonds is 6. The number of nitrogens with zero attached hydrogens (tertiary/aromatic N) is 1. The van der Waals surface area contributed by atoms with E-state index in [1.807, 2.05) is 0 Å². The van der Waals surface area contributed by atoms with Gasteiger partial charge in [0, 0.05) is 24.4 Å². The number of halogens is 3. The molecule has 0 aliphatic heterocycles. The number of methoxy groups -OCH3 is 1. The Hall–Kier alpha value is -3.00. The number of carbonyl (C=O) groups is 1. The highest BCUT2D eigenvalue weighted by molar-refractivity contribution is 9.10. The van der Waals surface area contributed by atoms with Gasteiger partial charge >= 0.3 is 5.97 Å². The van der Waals surface area contributed by atoms with Crippen LogP contribution in [0.25, 0.3) is 0 Å². The van der Waals surface area contributed by atoms with Crippen molar-refractivity contribution in [3.8, 4) is 5.75 Å². The number of hydrogen-bond donors (Lipinski definition) is 1. The van der Waals surface area contributed by atoms with E-state index >= 15 is 0 Å². The quantitative estimate of drug-likeness (QED) is 0.551. The standard InChI is InChI=1S/C21H17BrF2N2O3/c1-28-21(27)14-4-2-13(3-5-14)11-26-9-8-18(19(22)20(26)25)29-12-15-6-7-16(23)10-17(15)24/h2-10,25H,11-12H2,1H3. The molecule has 0 saturated heterocycles. The Labute approximate surface area is 174 Å². The number of esters is 1. The lowest BCUT2D eigenvalue weighted by atomic mass is 10.1. The molecule has 5 nitrogen and oxygen atoms in total. The van der Waals surface area contributed by atoms with Gasteiger partial charge in [-0.2, -0.15) is 0 Å². The van der Waals surface area contributed by atoms with E-state index in [0.717, 1.165) is 17.7 Å². The van der Waals surface area contributed by atoms with Crippen LogP contribution in [0.2, 0.25) is 0 Å². The molecule has 0 unspecified atom stereocenters. The molecule has 1 N–H and O–H groups in total. The molecule has 0 bridgehead atoms. The summed E-state index contributed by atoms with van der Waals surface area (Å²) >= 11 is 3.34. The number of nitrogens with one attached hydrogen (secondary N) is 1. The lowest BCUT2D eigenvalue weighted by molar-refractivity contribution is 0.0600. The molecule has 0 saturated carbocycles. The highest BCUT2D eigenvalue weighted by atomic mass is 79.9. The summed E-state index contributed by atoms with van der Waals surface area (Å²) < 4.78 is 39.1. The van der Waals surface area contributed by atoms with Gasteiger partial charge in [-0.1, -0.05) is 12.1 Å². The second-order valence-corrected chi connectivity index (χ2v) is 6.98. The van der Waals surface area contributed by atoms with Crippen molar-refractivity contribution >= 4 is 21.9 Å². The number of pyridine rings is 1. The molecule has 0 aliphatic carbocycles. The van der Waals surface area contributed by atoms with E-state index < -0.39 is 17.6 Å². The number of carbonyl (C=O) groups excluding carboxylic acids is 1. The van der Waals surface area contributed by atoms with Crippen molar-refractivity contribution in [3.05, 3.63) is 93.0 Å². The molecular formula is C21H17BrF2N2O3. The average molecular weight is 463 g/mol. The normalized spacial score (nSPS) is 10.6. The van der Waals surface area contributed by atoms with Crippen LogP contribution >= 0.6 is 15.9 Å². The third kappa shape index (κ3) is 4.89. The van der Waals surface area contributed by atoms with E-state index in [0.29, 0.717) is 22.3 Å². The zero-order valence-corrected chi connectivity index (χ0v) is 17.0. The Morgan fingerprint density at radius 3 is 2.52 bits per heavy atom. The molecule has 0 atom stereocenters. The molecule has 8 heteroatoms. The van der Waals surface area contributed by atoms with Crippen LogP contribution in [0.3, 0.4) is 0 Å². The van der Waals surface area contributed by atoms with Gasteiger partial charge in [-0.05, 0) is 51.8 Å². The first kappa shape index (κ1) is 20.7. The van der Waals surface area contributed by atoms with Gasteiger partial charge in [0.15, 0.2) is 0 Å². The van der Waals surface area contributed by atoms with Crippen LogP contribution in [0.1, 0.15) is 21.5 Å². The van der Waals surface area contributed by atoms with Gasteiger partial charge in [-0.25, -0.2) is 13.6 Å². The van der Waals surface area contributed by atoms with Crippen molar-refractivity contribution in [2.75, 3.05) is 7.11 Å². The Balaban J connectivity index is 1.73. The molecule has 0 spiro atoms.